The average molecular weight is 498 g/mol. The molecule has 6 rings (SSSR count). The molecular formula is C33H24FN3O. The number of nitrogens with zero attached hydrogens (tertiary/aromatic N) is 2. The molecule has 38 heavy (non-hydrogen) atoms. The number of aromatic nitrogens is 1. The fraction of sp³-hybridized carbons (Fsp3) is 0.0303. The van der Waals surface area contributed by atoms with Crippen LogP contribution in [0.15, 0.2) is 131 Å². The topological polar surface area (TPSA) is 49.7 Å². The van der Waals surface area contributed by atoms with E-state index in [-0.39, 0.29) is 5.82 Å². The molecule has 0 spiro atoms. The van der Waals surface area contributed by atoms with Gasteiger partial charge in [-0.3, -0.25) is 0 Å². The number of methoxy groups -OCH3 is 1. The number of ether oxygens (including phenoxy) is 1. The van der Waals surface area contributed by atoms with Crippen molar-refractivity contribution in [2.45, 2.75) is 0 Å². The second-order valence-corrected chi connectivity index (χ2v) is 8.90. The maximum absolute atomic E-state index is 13.6. The number of aromatic amines is 1. The molecule has 0 amide bonds. The third-order valence-corrected chi connectivity index (χ3v) is 6.47. The van der Waals surface area contributed by atoms with Crippen LogP contribution in [-0.2, 0) is 0 Å². The molecule has 184 valence electrons. The summed E-state index contributed by atoms with van der Waals surface area (Å²) < 4.78 is 18.9. The van der Waals surface area contributed by atoms with Crippen LogP contribution in [0.1, 0.15) is 11.1 Å². The summed E-state index contributed by atoms with van der Waals surface area (Å²) in [5, 5.41) is 0. The number of hydrogen-bond acceptors (Lipinski definition) is 2. The Morgan fingerprint density at radius 3 is 2.00 bits per heavy atom. The van der Waals surface area contributed by atoms with Gasteiger partial charge in [0.15, 0.2) is 5.84 Å². The summed E-state index contributed by atoms with van der Waals surface area (Å²) in [5.74, 6) is 1.83. The Hall–Kier alpha value is -5.03. The lowest BCUT2D eigenvalue weighted by atomic mass is 10.0. The highest BCUT2D eigenvalue weighted by Gasteiger charge is 2.21. The number of nitrogens with one attached hydrogen (secondary N) is 1. The van der Waals surface area contributed by atoms with E-state index in [9.17, 15) is 4.39 Å². The number of hydrogen-bond donors (Lipinski definition) is 1. The van der Waals surface area contributed by atoms with E-state index in [1.165, 1.54) is 12.1 Å². The predicted octanol–water partition coefficient (Wildman–Crippen LogP) is 8.11. The van der Waals surface area contributed by atoms with Gasteiger partial charge in [0, 0.05) is 22.4 Å². The first-order valence-corrected chi connectivity index (χ1v) is 12.3. The van der Waals surface area contributed by atoms with E-state index >= 15 is 0 Å². The second-order valence-electron chi connectivity index (χ2n) is 8.90. The highest BCUT2D eigenvalue weighted by molar-refractivity contribution is 6.38. The van der Waals surface area contributed by atoms with Crippen LogP contribution in [0.4, 0.5) is 10.2 Å². The van der Waals surface area contributed by atoms with Gasteiger partial charge in [0.05, 0.1) is 12.8 Å². The minimum atomic E-state index is -0.270. The van der Waals surface area contributed by atoms with E-state index in [1.54, 1.807) is 19.2 Å². The SMILES string of the molecule is COc1ccc(C2=N/C(=N\c3[nH]c(-c4ccc(F)cc4)cc3-c3ccccc3)C(c3ccccc3)=C2)cc1. The van der Waals surface area contributed by atoms with Gasteiger partial charge < -0.3 is 9.72 Å². The van der Waals surface area contributed by atoms with Gasteiger partial charge >= 0.3 is 0 Å². The molecule has 4 nitrogen and oxygen atoms in total. The Kier molecular flexibility index (Phi) is 6.24. The standard InChI is InChI=1S/C33H24FN3O/c1-38-27-18-14-25(15-19-27)31-21-29(23-10-6-3-7-11-23)33(36-31)37-32-28(22-8-4-2-5-9-22)20-30(35-32)24-12-16-26(34)17-13-24/h2-21,35H,1H3/b37-33-. The number of aliphatic imine (C=N–C) groups is 2. The third-order valence-electron chi connectivity index (χ3n) is 6.47. The van der Waals surface area contributed by atoms with E-state index in [4.69, 9.17) is 14.7 Å². The molecule has 0 radical (unpaired) electrons. The average Bonchev–Trinajstić information content (AvgIpc) is 3.59. The quantitative estimate of drug-likeness (QED) is 0.253. The Balaban J connectivity index is 1.49. The van der Waals surface area contributed by atoms with Crippen LogP contribution in [-0.4, -0.2) is 23.6 Å². The normalized spacial score (nSPS) is 13.9. The van der Waals surface area contributed by atoms with Crippen LogP contribution in [0.25, 0.3) is 28.0 Å². The first kappa shape index (κ1) is 23.4. The molecule has 1 aromatic heterocycles. The summed E-state index contributed by atoms with van der Waals surface area (Å²) in [7, 11) is 1.65. The maximum atomic E-state index is 13.6. The van der Waals surface area contributed by atoms with Crippen molar-refractivity contribution in [3.63, 3.8) is 0 Å². The summed E-state index contributed by atoms with van der Waals surface area (Å²) in [6.07, 6.45) is 2.07. The lowest BCUT2D eigenvalue weighted by molar-refractivity contribution is 0.415. The summed E-state index contributed by atoms with van der Waals surface area (Å²) >= 11 is 0. The third kappa shape index (κ3) is 4.70. The largest absolute Gasteiger partial charge is 0.497 e. The Morgan fingerprint density at radius 2 is 1.34 bits per heavy atom. The van der Waals surface area contributed by atoms with Crippen LogP contribution in [0, 0.1) is 5.82 Å². The summed E-state index contributed by atoms with van der Waals surface area (Å²) in [6, 6.07) is 36.6. The highest BCUT2D eigenvalue weighted by Crippen LogP contribution is 2.36. The number of allylic oxidation sites excluding steroid dienone is 1. The van der Waals surface area contributed by atoms with Gasteiger partial charge in [-0.05, 0) is 77.4 Å². The zero-order valence-corrected chi connectivity index (χ0v) is 20.7. The van der Waals surface area contributed by atoms with Gasteiger partial charge in [-0.15, -0.1) is 0 Å². The van der Waals surface area contributed by atoms with Crippen LogP contribution >= 0.6 is 0 Å². The molecule has 1 aliphatic rings. The molecule has 0 saturated carbocycles. The number of rotatable bonds is 6. The smallest absolute Gasteiger partial charge is 0.162 e. The van der Waals surface area contributed by atoms with Gasteiger partial charge in [0.1, 0.15) is 17.4 Å². The van der Waals surface area contributed by atoms with Crippen LogP contribution in [0.5, 0.6) is 5.75 Å². The van der Waals surface area contributed by atoms with Crippen molar-refractivity contribution < 1.29 is 9.13 Å². The van der Waals surface area contributed by atoms with Crippen LogP contribution in [0.3, 0.4) is 0 Å². The first-order valence-electron chi connectivity index (χ1n) is 12.3. The van der Waals surface area contributed by atoms with Gasteiger partial charge in [-0.25, -0.2) is 14.4 Å². The van der Waals surface area contributed by atoms with Crippen molar-refractivity contribution in [2.75, 3.05) is 7.11 Å². The molecule has 0 atom stereocenters. The summed E-state index contributed by atoms with van der Waals surface area (Å²) in [5.41, 5.74) is 7.48. The molecule has 0 aliphatic carbocycles. The molecule has 4 aromatic carbocycles. The highest BCUT2D eigenvalue weighted by atomic mass is 19.1. The van der Waals surface area contributed by atoms with Crippen molar-refractivity contribution >= 4 is 22.9 Å². The first-order chi connectivity index (χ1) is 18.7. The van der Waals surface area contributed by atoms with Crippen LogP contribution < -0.4 is 4.74 Å². The molecule has 0 unspecified atom stereocenters. The van der Waals surface area contributed by atoms with E-state index in [1.807, 2.05) is 60.7 Å². The predicted molar refractivity (Wildman–Crippen MR) is 153 cm³/mol. The zero-order chi connectivity index (χ0) is 25.9. The molecule has 0 fully saturated rings. The lowest BCUT2D eigenvalue weighted by Crippen LogP contribution is -1.96. The van der Waals surface area contributed by atoms with Crippen LogP contribution in [0.2, 0.25) is 0 Å². The van der Waals surface area contributed by atoms with Crippen molar-refractivity contribution in [2.24, 2.45) is 9.98 Å². The van der Waals surface area contributed by atoms with Crippen molar-refractivity contribution in [3.8, 4) is 28.1 Å². The Bertz CT molecular complexity index is 1660. The van der Waals surface area contributed by atoms with Crippen molar-refractivity contribution in [3.05, 3.63) is 138 Å². The molecule has 0 bridgehead atoms. The Labute approximate surface area is 220 Å². The Morgan fingerprint density at radius 1 is 0.711 bits per heavy atom. The second kappa shape index (κ2) is 10.1. The van der Waals surface area contributed by atoms with E-state index < -0.39 is 0 Å². The minimum Gasteiger partial charge on any atom is -0.497 e. The molecule has 0 saturated heterocycles. The van der Waals surface area contributed by atoms with E-state index in [0.29, 0.717) is 11.7 Å². The number of H-pyrrole nitrogens is 1. The van der Waals surface area contributed by atoms with E-state index in [0.717, 1.165) is 50.5 Å². The molecule has 5 aromatic rings. The van der Waals surface area contributed by atoms with Gasteiger partial charge in [0.25, 0.3) is 0 Å². The van der Waals surface area contributed by atoms with E-state index in [2.05, 4.69) is 41.4 Å². The molecule has 2 heterocycles. The number of amidine groups is 1. The van der Waals surface area contributed by atoms with Gasteiger partial charge in [-0.1, -0.05) is 60.7 Å². The van der Waals surface area contributed by atoms with Crippen molar-refractivity contribution in [1.29, 1.82) is 0 Å². The molecule has 1 aliphatic heterocycles. The fourth-order valence-electron chi connectivity index (χ4n) is 4.49. The van der Waals surface area contributed by atoms with Gasteiger partial charge in [0.2, 0.25) is 0 Å². The fourth-order valence-corrected chi connectivity index (χ4v) is 4.49. The monoisotopic (exact) mass is 497 g/mol. The molecule has 1 N–H and O–H groups in total. The summed E-state index contributed by atoms with van der Waals surface area (Å²) in [6.45, 7) is 0. The molecule has 5 heteroatoms. The summed E-state index contributed by atoms with van der Waals surface area (Å²) in [4.78, 5) is 13.5. The van der Waals surface area contributed by atoms with Gasteiger partial charge in [-0.2, -0.15) is 0 Å². The number of benzene rings is 4. The lowest BCUT2D eigenvalue weighted by Gasteiger charge is -2.04. The zero-order valence-electron chi connectivity index (χ0n) is 20.7. The van der Waals surface area contributed by atoms with Crippen molar-refractivity contribution in [1.82, 2.24) is 4.98 Å². The minimum absolute atomic E-state index is 0.270. The maximum Gasteiger partial charge on any atom is 0.162 e. The number of halogens is 1. The molecular weight excluding hydrogens is 473 g/mol.